The molecule has 2 aromatic carbocycles. The van der Waals surface area contributed by atoms with Crippen molar-refractivity contribution in [3.8, 4) is 0 Å². The molecule has 0 bridgehead atoms. The highest BCUT2D eigenvalue weighted by molar-refractivity contribution is 5.84. The van der Waals surface area contributed by atoms with Crippen LogP contribution in [0.5, 0.6) is 0 Å². The molecule has 0 spiro atoms. The van der Waals surface area contributed by atoms with Crippen molar-refractivity contribution in [2.24, 2.45) is 0 Å². The number of benzene rings is 2. The summed E-state index contributed by atoms with van der Waals surface area (Å²) in [4.78, 5) is 24.3. The van der Waals surface area contributed by atoms with Gasteiger partial charge in [0, 0.05) is 12.8 Å². The van der Waals surface area contributed by atoms with E-state index in [-0.39, 0.29) is 5.91 Å². The molecule has 0 unspecified atom stereocenters. The molecule has 2 aromatic rings. The fourth-order valence-electron chi connectivity index (χ4n) is 2.67. The lowest BCUT2D eigenvalue weighted by Crippen LogP contribution is -2.43. The van der Waals surface area contributed by atoms with Crippen LogP contribution >= 0.6 is 0 Å². The van der Waals surface area contributed by atoms with E-state index in [1.54, 1.807) is 0 Å². The molecule has 0 fully saturated rings. The fourth-order valence-corrected chi connectivity index (χ4v) is 2.67. The number of ether oxygens (including phenoxy) is 1. The first-order valence-corrected chi connectivity index (χ1v) is 8.47. The number of hydrogen-bond donors (Lipinski definition) is 1. The van der Waals surface area contributed by atoms with Crippen molar-refractivity contribution >= 4 is 11.9 Å². The van der Waals surface area contributed by atoms with Crippen LogP contribution in [0, 0.1) is 13.8 Å². The molecular formula is C21H25NO3. The molecule has 1 atom stereocenters. The van der Waals surface area contributed by atoms with E-state index in [2.05, 4.69) is 5.32 Å². The maximum Gasteiger partial charge on any atom is 0.328 e. The Hall–Kier alpha value is -2.62. The molecule has 0 radical (unpaired) electrons. The number of amides is 1. The zero-order chi connectivity index (χ0) is 18.2. The molecule has 0 saturated carbocycles. The lowest BCUT2D eigenvalue weighted by molar-refractivity contribution is -0.145. The summed E-state index contributed by atoms with van der Waals surface area (Å²) in [6, 6.07) is 15.2. The number of methoxy groups -OCH3 is 1. The lowest BCUT2D eigenvalue weighted by Gasteiger charge is -2.17. The molecule has 25 heavy (non-hydrogen) atoms. The van der Waals surface area contributed by atoms with E-state index in [1.165, 1.54) is 12.7 Å². The third-order valence-corrected chi connectivity index (χ3v) is 4.32. The molecule has 4 nitrogen and oxygen atoms in total. The van der Waals surface area contributed by atoms with Crippen LogP contribution in [-0.2, 0) is 27.2 Å². The van der Waals surface area contributed by atoms with Crippen molar-refractivity contribution in [1.82, 2.24) is 5.32 Å². The van der Waals surface area contributed by atoms with Gasteiger partial charge in [0.15, 0.2) is 0 Å². The number of carbonyl (C=O) groups is 2. The summed E-state index contributed by atoms with van der Waals surface area (Å²) < 4.78 is 4.85. The third-order valence-electron chi connectivity index (χ3n) is 4.32. The Bertz CT molecular complexity index is 725. The van der Waals surface area contributed by atoms with Gasteiger partial charge in [0.25, 0.3) is 0 Å². The number of hydrogen-bond acceptors (Lipinski definition) is 3. The molecule has 0 aliphatic carbocycles. The van der Waals surface area contributed by atoms with Gasteiger partial charge in [-0.25, -0.2) is 4.79 Å². The van der Waals surface area contributed by atoms with Gasteiger partial charge in [0.05, 0.1) is 7.11 Å². The average molecular weight is 339 g/mol. The summed E-state index contributed by atoms with van der Waals surface area (Å²) >= 11 is 0. The highest BCUT2D eigenvalue weighted by Gasteiger charge is 2.22. The Kier molecular flexibility index (Phi) is 6.75. The molecule has 0 aromatic heterocycles. The van der Waals surface area contributed by atoms with Gasteiger partial charge in [-0.3, -0.25) is 4.79 Å². The summed E-state index contributed by atoms with van der Waals surface area (Å²) in [6.45, 7) is 4.08. The van der Waals surface area contributed by atoms with E-state index in [1.807, 2.05) is 62.4 Å². The van der Waals surface area contributed by atoms with Gasteiger partial charge < -0.3 is 10.1 Å². The Balaban J connectivity index is 1.98. The zero-order valence-electron chi connectivity index (χ0n) is 15.0. The van der Waals surface area contributed by atoms with E-state index in [4.69, 9.17) is 4.74 Å². The second-order valence-electron chi connectivity index (χ2n) is 6.25. The summed E-state index contributed by atoms with van der Waals surface area (Å²) in [5.41, 5.74) is 4.46. The van der Waals surface area contributed by atoms with Gasteiger partial charge in [-0.15, -0.1) is 0 Å². The fraction of sp³-hybridized carbons (Fsp3) is 0.333. The maximum absolute atomic E-state index is 12.2. The van der Waals surface area contributed by atoms with Crippen LogP contribution in [0.1, 0.15) is 28.7 Å². The predicted octanol–water partition coefficient (Wildman–Crippen LogP) is 3.14. The standard InChI is InChI=1S/C21H25NO3/c1-15-9-10-18(13-16(15)2)14-19(21(24)25-3)22-20(23)12-11-17-7-5-4-6-8-17/h4-10,13,19H,11-12,14H2,1-3H3,(H,22,23)/t19-/m1/s1. The molecule has 0 saturated heterocycles. The van der Waals surface area contributed by atoms with Crippen LogP contribution in [0.15, 0.2) is 48.5 Å². The van der Waals surface area contributed by atoms with Gasteiger partial charge in [0.1, 0.15) is 6.04 Å². The molecular weight excluding hydrogens is 314 g/mol. The van der Waals surface area contributed by atoms with E-state index < -0.39 is 12.0 Å². The van der Waals surface area contributed by atoms with Crippen LogP contribution in [0.4, 0.5) is 0 Å². The first-order valence-electron chi connectivity index (χ1n) is 8.47. The van der Waals surface area contributed by atoms with Crippen LogP contribution in [0.25, 0.3) is 0 Å². The normalized spacial score (nSPS) is 11.6. The quantitative estimate of drug-likeness (QED) is 0.789. The molecule has 2 rings (SSSR count). The van der Waals surface area contributed by atoms with E-state index in [9.17, 15) is 9.59 Å². The van der Waals surface area contributed by atoms with Crippen LogP contribution in [0.2, 0.25) is 0 Å². The average Bonchev–Trinajstić information content (AvgIpc) is 2.62. The summed E-state index contributed by atoms with van der Waals surface area (Å²) in [5, 5.41) is 2.81. The summed E-state index contributed by atoms with van der Waals surface area (Å²) in [5.74, 6) is -0.575. The largest absolute Gasteiger partial charge is 0.467 e. The van der Waals surface area contributed by atoms with Gasteiger partial charge >= 0.3 is 5.97 Å². The Morgan fingerprint density at radius 2 is 1.72 bits per heavy atom. The van der Waals surface area contributed by atoms with Crippen molar-refractivity contribution in [3.05, 3.63) is 70.8 Å². The van der Waals surface area contributed by atoms with E-state index in [0.29, 0.717) is 19.3 Å². The molecule has 0 aliphatic heterocycles. The smallest absolute Gasteiger partial charge is 0.328 e. The SMILES string of the molecule is COC(=O)[C@@H](Cc1ccc(C)c(C)c1)NC(=O)CCc1ccccc1. The Labute approximate surface area is 149 Å². The first kappa shape index (κ1) is 18.7. The maximum atomic E-state index is 12.2. The zero-order valence-corrected chi connectivity index (χ0v) is 15.0. The second-order valence-corrected chi connectivity index (χ2v) is 6.25. The van der Waals surface area contributed by atoms with Gasteiger partial charge in [-0.05, 0) is 42.5 Å². The topological polar surface area (TPSA) is 55.4 Å². The van der Waals surface area contributed by atoms with Crippen molar-refractivity contribution in [2.45, 2.75) is 39.2 Å². The van der Waals surface area contributed by atoms with Crippen LogP contribution in [-0.4, -0.2) is 25.0 Å². The van der Waals surface area contributed by atoms with Crippen LogP contribution in [0.3, 0.4) is 0 Å². The monoisotopic (exact) mass is 339 g/mol. The van der Waals surface area contributed by atoms with E-state index >= 15 is 0 Å². The minimum Gasteiger partial charge on any atom is -0.467 e. The molecule has 0 aliphatic rings. The molecule has 4 heteroatoms. The number of rotatable bonds is 7. The second kappa shape index (κ2) is 9.02. The summed E-state index contributed by atoms with van der Waals surface area (Å²) in [7, 11) is 1.34. The van der Waals surface area contributed by atoms with Crippen molar-refractivity contribution in [1.29, 1.82) is 0 Å². The minimum absolute atomic E-state index is 0.150. The van der Waals surface area contributed by atoms with Crippen molar-refractivity contribution in [3.63, 3.8) is 0 Å². The summed E-state index contributed by atoms with van der Waals surface area (Å²) in [6.07, 6.45) is 1.40. The Morgan fingerprint density at radius 1 is 1.00 bits per heavy atom. The molecule has 1 N–H and O–H groups in total. The van der Waals surface area contributed by atoms with Gasteiger partial charge in [-0.2, -0.15) is 0 Å². The van der Waals surface area contributed by atoms with Crippen LogP contribution < -0.4 is 5.32 Å². The first-order chi connectivity index (χ1) is 12.0. The van der Waals surface area contributed by atoms with Crippen molar-refractivity contribution in [2.75, 3.05) is 7.11 Å². The minimum atomic E-state index is -0.671. The highest BCUT2D eigenvalue weighted by Crippen LogP contribution is 2.12. The van der Waals surface area contributed by atoms with E-state index in [0.717, 1.165) is 16.7 Å². The van der Waals surface area contributed by atoms with Gasteiger partial charge in [-0.1, -0.05) is 48.5 Å². The number of aryl methyl sites for hydroxylation is 3. The van der Waals surface area contributed by atoms with Gasteiger partial charge in [0.2, 0.25) is 5.91 Å². The molecule has 1 amide bonds. The number of esters is 1. The molecule has 132 valence electrons. The number of nitrogens with one attached hydrogen (secondary N) is 1. The lowest BCUT2D eigenvalue weighted by atomic mass is 10.0. The highest BCUT2D eigenvalue weighted by atomic mass is 16.5. The van der Waals surface area contributed by atoms with Crippen molar-refractivity contribution < 1.29 is 14.3 Å². The Morgan fingerprint density at radius 3 is 2.36 bits per heavy atom. The number of carbonyl (C=O) groups excluding carboxylic acids is 2. The predicted molar refractivity (Wildman–Crippen MR) is 98.3 cm³/mol. The third kappa shape index (κ3) is 5.75. The molecule has 0 heterocycles.